The number of carbonyl (C=O) groups is 1. The van der Waals surface area contributed by atoms with Crippen LogP contribution < -0.4 is 10.0 Å². The summed E-state index contributed by atoms with van der Waals surface area (Å²) in [6.07, 6.45) is 5.10. The van der Waals surface area contributed by atoms with E-state index in [1.54, 1.807) is 19.1 Å². The summed E-state index contributed by atoms with van der Waals surface area (Å²) in [5.74, 6) is 1.89. The van der Waals surface area contributed by atoms with Gasteiger partial charge in [0.25, 0.3) is 5.91 Å². The van der Waals surface area contributed by atoms with Crippen molar-refractivity contribution in [2.75, 3.05) is 6.54 Å². The fourth-order valence-electron chi connectivity index (χ4n) is 2.12. The average Bonchev–Trinajstić information content (AvgIpc) is 2.59. The van der Waals surface area contributed by atoms with Crippen LogP contribution >= 0.6 is 0 Å². The molecule has 2 rings (SSSR count). The topological polar surface area (TPSA) is 75.3 Å². The van der Waals surface area contributed by atoms with Crippen LogP contribution in [0.2, 0.25) is 0 Å². The van der Waals surface area contributed by atoms with Crippen LogP contribution in [0.3, 0.4) is 0 Å². The molecule has 2 aromatic carbocycles. The molecule has 0 heterocycles. The molecule has 0 atom stereocenters. The largest absolute Gasteiger partial charge is 0.341 e. The van der Waals surface area contributed by atoms with Crippen LogP contribution in [0.25, 0.3) is 0 Å². The van der Waals surface area contributed by atoms with Gasteiger partial charge < -0.3 is 5.32 Å². The van der Waals surface area contributed by atoms with Gasteiger partial charge in [-0.05, 0) is 30.2 Å². The molecule has 0 aliphatic heterocycles. The Kier molecular flexibility index (Phi) is 5.74. The van der Waals surface area contributed by atoms with Crippen LogP contribution in [0.4, 0.5) is 0 Å². The fourth-order valence-corrected chi connectivity index (χ4v) is 3.40. The van der Waals surface area contributed by atoms with Crippen molar-refractivity contribution in [1.29, 1.82) is 0 Å². The number of rotatable bonds is 6. The average molecular weight is 342 g/mol. The lowest BCUT2D eigenvalue weighted by Crippen LogP contribution is -2.26. The van der Waals surface area contributed by atoms with Crippen molar-refractivity contribution in [1.82, 2.24) is 10.0 Å². The van der Waals surface area contributed by atoms with Crippen LogP contribution in [-0.2, 0) is 16.6 Å². The van der Waals surface area contributed by atoms with E-state index in [0.717, 1.165) is 5.56 Å². The van der Waals surface area contributed by atoms with Crippen molar-refractivity contribution in [2.24, 2.45) is 0 Å². The van der Waals surface area contributed by atoms with Crippen LogP contribution in [0, 0.1) is 19.3 Å². The van der Waals surface area contributed by atoms with Gasteiger partial charge in [-0.3, -0.25) is 4.79 Å². The molecule has 0 radical (unpaired) electrons. The summed E-state index contributed by atoms with van der Waals surface area (Å²) in [5.41, 5.74) is 1.65. The highest BCUT2D eigenvalue weighted by Crippen LogP contribution is 2.17. The van der Waals surface area contributed by atoms with E-state index in [1.807, 2.05) is 30.3 Å². The number of terminal acetylenes is 1. The number of carbonyl (C=O) groups excluding carboxylic acids is 1. The SMILES string of the molecule is C#CCNC(=O)c1ccc(C)c(S(=O)(=O)NCc2ccccc2)c1. The van der Waals surface area contributed by atoms with E-state index in [1.165, 1.54) is 6.07 Å². The smallest absolute Gasteiger partial charge is 0.252 e. The van der Waals surface area contributed by atoms with E-state index < -0.39 is 15.9 Å². The predicted octanol–water partition coefficient (Wildman–Crippen LogP) is 1.84. The number of amides is 1. The fraction of sp³-hybridized carbons (Fsp3) is 0.167. The van der Waals surface area contributed by atoms with Gasteiger partial charge in [-0.2, -0.15) is 0 Å². The van der Waals surface area contributed by atoms with E-state index >= 15 is 0 Å². The normalized spacial score (nSPS) is 10.8. The van der Waals surface area contributed by atoms with Crippen LogP contribution in [0.5, 0.6) is 0 Å². The van der Waals surface area contributed by atoms with Gasteiger partial charge in [0.15, 0.2) is 0 Å². The Bertz CT molecular complexity index is 869. The Balaban J connectivity index is 2.22. The van der Waals surface area contributed by atoms with Gasteiger partial charge in [-0.25, -0.2) is 13.1 Å². The van der Waals surface area contributed by atoms with Gasteiger partial charge in [-0.15, -0.1) is 6.42 Å². The van der Waals surface area contributed by atoms with E-state index in [-0.39, 0.29) is 23.5 Å². The van der Waals surface area contributed by atoms with E-state index in [4.69, 9.17) is 6.42 Å². The molecule has 2 N–H and O–H groups in total. The minimum Gasteiger partial charge on any atom is -0.341 e. The summed E-state index contributed by atoms with van der Waals surface area (Å²) < 4.78 is 27.6. The number of sulfonamides is 1. The van der Waals surface area contributed by atoms with Gasteiger partial charge in [0.1, 0.15) is 0 Å². The highest BCUT2D eigenvalue weighted by atomic mass is 32.2. The van der Waals surface area contributed by atoms with Gasteiger partial charge >= 0.3 is 0 Å². The minimum absolute atomic E-state index is 0.0757. The van der Waals surface area contributed by atoms with Crippen molar-refractivity contribution in [3.8, 4) is 12.3 Å². The highest BCUT2D eigenvalue weighted by Gasteiger charge is 2.18. The Labute approximate surface area is 142 Å². The molecule has 124 valence electrons. The van der Waals surface area contributed by atoms with Gasteiger partial charge in [0.2, 0.25) is 10.0 Å². The third kappa shape index (κ3) is 4.44. The van der Waals surface area contributed by atoms with Gasteiger partial charge in [0.05, 0.1) is 11.4 Å². The molecular weight excluding hydrogens is 324 g/mol. The second kappa shape index (κ2) is 7.77. The summed E-state index contributed by atoms with van der Waals surface area (Å²) in [7, 11) is -3.74. The summed E-state index contributed by atoms with van der Waals surface area (Å²) in [6.45, 7) is 1.94. The van der Waals surface area contributed by atoms with Crippen molar-refractivity contribution in [2.45, 2.75) is 18.4 Å². The third-order valence-corrected chi connectivity index (χ3v) is 4.94. The second-order valence-corrected chi connectivity index (χ2v) is 6.91. The third-order valence-electron chi connectivity index (χ3n) is 3.40. The molecule has 0 aromatic heterocycles. The number of hydrogen-bond acceptors (Lipinski definition) is 3. The number of benzene rings is 2. The lowest BCUT2D eigenvalue weighted by Gasteiger charge is -2.11. The summed E-state index contributed by atoms with van der Waals surface area (Å²) in [4.78, 5) is 12.0. The van der Waals surface area contributed by atoms with Crippen molar-refractivity contribution < 1.29 is 13.2 Å². The molecule has 0 saturated heterocycles. The lowest BCUT2D eigenvalue weighted by molar-refractivity contribution is 0.0958. The molecule has 1 amide bonds. The van der Waals surface area contributed by atoms with Crippen molar-refractivity contribution >= 4 is 15.9 Å². The number of aryl methyl sites for hydroxylation is 1. The zero-order valence-corrected chi connectivity index (χ0v) is 14.1. The molecular formula is C18H18N2O3S. The standard InChI is InChI=1S/C18H18N2O3S/c1-3-11-19-18(21)16-10-9-14(2)17(12-16)24(22,23)20-13-15-7-5-4-6-8-15/h1,4-10,12,20H,11,13H2,2H3,(H,19,21). The first-order valence-corrected chi connectivity index (χ1v) is 8.78. The van der Waals surface area contributed by atoms with Crippen molar-refractivity contribution in [3.05, 3.63) is 65.2 Å². The quantitative estimate of drug-likeness (QED) is 0.787. The van der Waals surface area contributed by atoms with Crippen LogP contribution in [0.15, 0.2) is 53.4 Å². The summed E-state index contributed by atoms with van der Waals surface area (Å²) in [6, 6.07) is 13.7. The second-order valence-electron chi connectivity index (χ2n) is 5.18. The Hall–Kier alpha value is -2.62. The Morgan fingerprint density at radius 3 is 2.54 bits per heavy atom. The highest BCUT2D eigenvalue weighted by molar-refractivity contribution is 7.89. The molecule has 0 aliphatic rings. The van der Waals surface area contributed by atoms with Crippen molar-refractivity contribution in [3.63, 3.8) is 0 Å². The first-order chi connectivity index (χ1) is 11.4. The van der Waals surface area contributed by atoms with E-state index in [9.17, 15) is 13.2 Å². The monoisotopic (exact) mass is 342 g/mol. The minimum atomic E-state index is -3.74. The Morgan fingerprint density at radius 1 is 1.17 bits per heavy atom. The maximum absolute atomic E-state index is 12.5. The molecule has 0 aliphatic carbocycles. The maximum Gasteiger partial charge on any atom is 0.252 e. The molecule has 24 heavy (non-hydrogen) atoms. The first kappa shape index (κ1) is 17.7. The molecule has 0 unspecified atom stereocenters. The number of nitrogens with one attached hydrogen (secondary N) is 2. The first-order valence-electron chi connectivity index (χ1n) is 7.30. The molecule has 0 spiro atoms. The van der Waals surface area contributed by atoms with E-state index in [2.05, 4.69) is 16.0 Å². The molecule has 0 fully saturated rings. The molecule has 0 bridgehead atoms. The summed E-state index contributed by atoms with van der Waals surface area (Å²) in [5, 5.41) is 2.51. The Morgan fingerprint density at radius 2 is 1.88 bits per heavy atom. The number of hydrogen-bond donors (Lipinski definition) is 2. The summed E-state index contributed by atoms with van der Waals surface area (Å²) >= 11 is 0. The van der Waals surface area contributed by atoms with Crippen LogP contribution in [0.1, 0.15) is 21.5 Å². The molecule has 5 nitrogen and oxygen atoms in total. The molecule has 6 heteroatoms. The van der Waals surface area contributed by atoms with E-state index in [0.29, 0.717) is 5.56 Å². The predicted molar refractivity (Wildman–Crippen MR) is 92.8 cm³/mol. The lowest BCUT2D eigenvalue weighted by atomic mass is 10.1. The molecule has 0 saturated carbocycles. The van der Waals surface area contributed by atoms with Gasteiger partial charge in [-0.1, -0.05) is 42.3 Å². The zero-order chi connectivity index (χ0) is 17.6. The maximum atomic E-state index is 12.5. The zero-order valence-electron chi connectivity index (χ0n) is 13.2. The molecule has 2 aromatic rings. The van der Waals surface area contributed by atoms with Gasteiger partial charge in [0, 0.05) is 12.1 Å². The van der Waals surface area contributed by atoms with Crippen LogP contribution in [-0.4, -0.2) is 20.9 Å².